The summed E-state index contributed by atoms with van der Waals surface area (Å²) in [5, 5.41) is 0.0624. The van der Waals surface area contributed by atoms with Crippen LogP contribution in [0, 0.1) is 0 Å². The molecule has 0 fully saturated rings. The lowest BCUT2D eigenvalue weighted by Gasteiger charge is -1.99. The van der Waals surface area contributed by atoms with Gasteiger partial charge in [-0.25, -0.2) is 0 Å². The second-order valence-electron chi connectivity index (χ2n) is 2.15. The van der Waals surface area contributed by atoms with Crippen LogP contribution in [0.1, 0.15) is 16.7 Å². The van der Waals surface area contributed by atoms with Crippen LogP contribution in [0.25, 0.3) is 0 Å². The van der Waals surface area contributed by atoms with Crippen LogP contribution >= 0.6 is 11.6 Å². The third-order valence-corrected chi connectivity index (χ3v) is 1.78. The topological polar surface area (TPSA) is 51.2 Å². The normalized spacial score (nSPS) is 9.31. The lowest BCUT2D eigenvalue weighted by Crippen LogP contribution is -1.98. The minimum absolute atomic E-state index is 0.0437. The fourth-order valence-corrected chi connectivity index (χ4v) is 1.06. The van der Waals surface area contributed by atoms with Crippen LogP contribution in [0.15, 0.2) is 12.1 Å². The Balaban J connectivity index is 3.53. The number of hydrogen-bond donors (Lipinski definition) is 0. The van der Waals surface area contributed by atoms with Crippen molar-refractivity contribution in [2.75, 3.05) is 0 Å². The minimum atomic E-state index is -0.197. The molecule has 0 aromatic heterocycles. The van der Waals surface area contributed by atoms with Gasteiger partial charge in [0.25, 0.3) is 0 Å². The third kappa shape index (κ3) is 1.65. The number of hydrogen-bond acceptors (Lipinski definition) is 3. The quantitative estimate of drug-likeness (QED) is 0.711. The highest BCUT2D eigenvalue weighted by Crippen LogP contribution is 2.19. The van der Waals surface area contributed by atoms with Crippen molar-refractivity contribution in [2.24, 2.45) is 0 Å². The first-order chi connectivity index (χ1) is 6.24. The Kier molecular flexibility index (Phi) is 2.93. The van der Waals surface area contributed by atoms with E-state index < -0.39 is 0 Å². The van der Waals surface area contributed by atoms with E-state index in [9.17, 15) is 14.4 Å². The number of carbonyl (C=O) groups excluding carboxylic acids is 3. The van der Waals surface area contributed by atoms with Gasteiger partial charge in [-0.2, -0.15) is 0 Å². The van der Waals surface area contributed by atoms with Crippen molar-refractivity contribution >= 4 is 30.5 Å². The molecule has 0 atom stereocenters. The van der Waals surface area contributed by atoms with E-state index in [1.54, 1.807) is 0 Å². The van der Waals surface area contributed by atoms with E-state index in [1.807, 2.05) is 0 Å². The summed E-state index contributed by atoms with van der Waals surface area (Å²) in [6.45, 7) is 0. The van der Waals surface area contributed by atoms with Crippen molar-refractivity contribution < 1.29 is 14.4 Å². The van der Waals surface area contributed by atoms with Crippen molar-refractivity contribution in [2.45, 2.75) is 0 Å². The second kappa shape index (κ2) is 3.96. The Hall–Kier alpha value is -1.48. The SMILES string of the molecule is O=[C]c1ccc(Cl)c([C]=O)c1[C]=O. The van der Waals surface area contributed by atoms with E-state index in [0.717, 1.165) is 0 Å². The summed E-state index contributed by atoms with van der Waals surface area (Å²) in [5.74, 6) is 0. The van der Waals surface area contributed by atoms with E-state index in [0.29, 0.717) is 0 Å². The summed E-state index contributed by atoms with van der Waals surface area (Å²) >= 11 is 5.57. The Morgan fingerprint density at radius 2 is 1.54 bits per heavy atom. The predicted molar refractivity (Wildman–Crippen MR) is 45.8 cm³/mol. The van der Waals surface area contributed by atoms with Crippen LogP contribution < -0.4 is 0 Å². The van der Waals surface area contributed by atoms with Gasteiger partial charge < -0.3 is 0 Å². The molecule has 0 spiro atoms. The van der Waals surface area contributed by atoms with Crippen molar-refractivity contribution in [3.05, 3.63) is 33.8 Å². The van der Waals surface area contributed by atoms with Gasteiger partial charge in [-0.05, 0) is 12.1 Å². The molecule has 0 saturated carbocycles. The first-order valence-corrected chi connectivity index (χ1v) is 3.59. The van der Waals surface area contributed by atoms with Gasteiger partial charge in [0.15, 0.2) is 0 Å². The fourth-order valence-electron chi connectivity index (χ4n) is 0.868. The predicted octanol–water partition coefficient (Wildman–Crippen LogP) is 0.713. The first kappa shape index (κ1) is 9.61. The van der Waals surface area contributed by atoms with Crippen LogP contribution in [0.2, 0.25) is 5.02 Å². The highest BCUT2D eigenvalue weighted by atomic mass is 35.5. The van der Waals surface area contributed by atoms with E-state index in [-0.39, 0.29) is 21.7 Å². The smallest absolute Gasteiger partial charge is 0.235 e. The molecule has 0 aliphatic rings. The van der Waals surface area contributed by atoms with Crippen molar-refractivity contribution in [3.63, 3.8) is 0 Å². The molecule has 0 saturated heterocycles. The average Bonchev–Trinajstić information content (AvgIpc) is 2.17. The molecule has 0 unspecified atom stereocenters. The molecule has 3 radical (unpaired) electrons. The molecule has 1 aromatic rings. The molecule has 0 aliphatic heterocycles. The summed E-state index contributed by atoms with van der Waals surface area (Å²) < 4.78 is 0. The Morgan fingerprint density at radius 3 is 2.00 bits per heavy atom. The monoisotopic (exact) mass is 193 g/mol. The summed E-state index contributed by atoms with van der Waals surface area (Å²) in [4.78, 5) is 31.0. The molecule has 1 rings (SSSR count). The molecule has 0 N–H and O–H groups in total. The summed E-state index contributed by atoms with van der Waals surface area (Å²) in [6.07, 6.45) is 4.41. The van der Waals surface area contributed by atoms with Gasteiger partial charge in [-0.1, -0.05) is 11.6 Å². The highest BCUT2D eigenvalue weighted by Gasteiger charge is 2.12. The lowest BCUT2D eigenvalue weighted by molar-refractivity contribution is 0.556. The van der Waals surface area contributed by atoms with Gasteiger partial charge in [0.05, 0.1) is 16.1 Å². The molecule has 1 aromatic carbocycles. The molecule has 3 nitrogen and oxygen atoms in total. The van der Waals surface area contributed by atoms with Crippen molar-refractivity contribution in [3.8, 4) is 0 Å². The molecule has 63 valence electrons. The van der Waals surface area contributed by atoms with Crippen LogP contribution in [-0.4, -0.2) is 18.9 Å². The fraction of sp³-hybridized carbons (Fsp3) is 0. The molecule has 0 aliphatic carbocycles. The zero-order valence-corrected chi connectivity index (χ0v) is 7.01. The Bertz CT molecular complexity index is 371. The van der Waals surface area contributed by atoms with Crippen molar-refractivity contribution in [1.29, 1.82) is 0 Å². The maximum absolute atomic E-state index is 10.4. The van der Waals surface area contributed by atoms with Gasteiger partial charge in [0.1, 0.15) is 0 Å². The summed E-state index contributed by atoms with van der Waals surface area (Å²) in [6, 6.07) is 2.61. The van der Waals surface area contributed by atoms with E-state index in [1.165, 1.54) is 31.0 Å². The van der Waals surface area contributed by atoms with Gasteiger partial charge >= 0.3 is 0 Å². The Labute approximate surface area is 79.3 Å². The van der Waals surface area contributed by atoms with E-state index >= 15 is 0 Å². The zero-order valence-electron chi connectivity index (χ0n) is 6.26. The van der Waals surface area contributed by atoms with Gasteiger partial charge in [-0.3, -0.25) is 14.4 Å². The van der Waals surface area contributed by atoms with E-state index in [2.05, 4.69) is 0 Å². The van der Waals surface area contributed by atoms with Crippen LogP contribution in [0.4, 0.5) is 0 Å². The largest absolute Gasteiger partial charge is 0.285 e. The van der Waals surface area contributed by atoms with Gasteiger partial charge in [0, 0.05) is 5.56 Å². The molecule has 0 heterocycles. The molecule has 0 bridgehead atoms. The van der Waals surface area contributed by atoms with Crippen LogP contribution in [-0.2, 0) is 14.4 Å². The average molecular weight is 194 g/mol. The molecular formula is C9H2ClO3. The number of benzene rings is 1. The zero-order chi connectivity index (χ0) is 9.84. The maximum Gasteiger partial charge on any atom is 0.235 e. The van der Waals surface area contributed by atoms with E-state index in [4.69, 9.17) is 11.6 Å². The molecule has 13 heavy (non-hydrogen) atoms. The first-order valence-electron chi connectivity index (χ1n) is 3.21. The molecule has 4 heteroatoms. The molecular weight excluding hydrogens is 192 g/mol. The minimum Gasteiger partial charge on any atom is -0.285 e. The number of halogens is 1. The summed E-state index contributed by atoms with van der Waals surface area (Å²) in [5.41, 5.74) is -0.396. The van der Waals surface area contributed by atoms with Crippen LogP contribution in [0.5, 0.6) is 0 Å². The maximum atomic E-state index is 10.4. The Morgan fingerprint density at radius 1 is 0.923 bits per heavy atom. The van der Waals surface area contributed by atoms with Gasteiger partial charge in [-0.15, -0.1) is 0 Å². The number of rotatable bonds is 3. The van der Waals surface area contributed by atoms with Gasteiger partial charge in [0.2, 0.25) is 18.9 Å². The second-order valence-corrected chi connectivity index (χ2v) is 2.56. The standard InChI is InChI=1S/C9H2ClO3/c10-9-2-1-6(3-11)7(4-12)8(9)5-13/h1-2H. The van der Waals surface area contributed by atoms with Crippen LogP contribution in [0.3, 0.4) is 0 Å². The lowest BCUT2D eigenvalue weighted by atomic mass is 10.0. The van der Waals surface area contributed by atoms with Crippen molar-refractivity contribution in [1.82, 2.24) is 0 Å². The molecule has 0 amide bonds. The summed E-state index contributed by atoms with van der Waals surface area (Å²) in [7, 11) is 0. The third-order valence-electron chi connectivity index (χ3n) is 1.47. The highest BCUT2D eigenvalue weighted by molar-refractivity contribution is 6.33.